The molecule has 2 rings (SSSR count). The van der Waals surface area contributed by atoms with Crippen LogP contribution in [0.25, 0.3) is 0 Å². The zero-order chi connectivity index (χ0) is 17.5. The van der Waals surface area contributed by atoms with Gasteiger partial charge < -0.3 is 4.90 Å². The molecular formula is C21H26N2O. The SMILES string of the molecule is CC(C)N(C(Cc1ccccc1)=NC(=O)c1ccccc1)C(C)C. The van der Waals surface area contributed by atoms with Crippen molar-refractivity contribution in [2.24, 2.45) is 4.99 Å². The van der Waals surface area contributed by atoms with Crippen LogP contribution in [-0.4, -0.2) is 28.7 Å². The lowest BCUT2D eigenvalue weighted by molar-refractivity contribution is 0.1000. The lowest BCUT2D eigenvalue weighted by Gasteiger charge is -2.34. The van der Waals surface area contributed by atoms with Gasteiger partial charge in [-0.05, 0) is 45.4 Å². The summed E-state index contributed by atoms with van der Waals surface area (Å²) in [6.07, 6.45) is 0.649. The minimum atomic E-state index is -0.187. The Morgan fingerprint density at radius 1 is 0.875 bits per heavy atom. The molecule has 126 valence electrons. The number of hydrogen-bond acceptors (Lipinski definition) is 1. The maximum absolute atomic E-state index is 12.6. The van der Waals surface area contributed by atoms with E-state index >= 15 is 0 Å². The van der Waals surface area contributed by atoms with Crippen molar-refractivity contribution in [1.82, 2.24) is 4.90 Å². The Balaban J connectivity index is 2.37. The minimum absolute atomic E-state index is 0.187. The monoisotopic (exact) mass is 322 g/mol. The van der Waals surface area contributed by atoms with E-state index in [-0.39, 0.29) is 18.0 Å². The third kappa shape index (κ3) is 4.79. The highest BCUT2D eigenvalue weighted by atomic mass is 16.1. The molecule has 0 fully saturated rings. The smallest absolute Gasteiger partial charge is 0.278 e. The van der Waals surface area contributed by atoms with Crippen LogP contribution in [0.15, 0.2) is 65.7 Å². The van der Waals surface area contributed by atoms with Gasteiger partial charge in [0.15, 0.2) is 0 Å². The second-order valence-electron chi connectivity index (χ2n) is 6.46. The van der Waals surface area contributed by atoms with Gasteiger partial charge in [0.05, 0.1) is 0 Å². The van der Waals surface area contributed by atoms with E-state index in [2.05, 4.69) is 49.7 Å². The predicted molar refractivity (Wildman–Crippen MR) is 100 cm³/mol. The van der Waals surface area contributed by atoms with Crippen molar-refractivity contribution in [1.29, 1.82) is 0 Å². The standard InChI is InChI=1S/C21H26N2O/c1-16(2)23(17(3)4)20(15-18-11-7-5-8-12-18)22-21(24)19-13-9-6-10-14-19/h5-14,16-17H,15H2,1-4H3. The molecule has 0 atom stereocenters. The maximum atomic E-state index is 12.6. The van der Waals surface area contributed by atoms with E-state index in [0.717, 1.165) is 11.4 Å². The van der Waals surface area contributed by atoms with Crippen LogP contribution in [0.2, 0.25) is 0 Å². The summed E-state index contributed by atoms with van der Waals surface area (Å²) < 4.78 is 0. The van der Waals surface area contributed by atoms with Crippen molar-refractivity contribution < 1.29 is 4.79 Å². The van der Waals surface area contributed by atoms with Crippen molar-refractivity contribution in [3.63, 3.8) is 0 Å². The van der Waals surface area contributed by atoms with Crippen LogP contribution < -0.4 is 0 Å². The van der Waals surface area contributed by atoms with Crippen LogP contribution in [-0.2, 0) is 6.42 Å². The van der Waals surface area contributed by atoms with Gasteiger partial charge in [0.1, 0.15) is 5.84 Å². The molecule has 0 saturated heterocycles. The molecular weight excluding hydrogens is 296 g/mol. The molecule has 0 N–H and O–H groups in total. The Kier molecular flexibility index (Phi) is 6.30. The Hall–Kier alpha value is -2.42. The predicted octanol–water partition coefficient (Wildman–Crippen LogP) is 4.59. The fraction of sp³-hybridized carbons (Fsp3) is 0.333. The third-order valence-electron chi connectivity index (χ3n) is 3.87. The Morgan fingerprint density at radius 3 is 1.88 bits per heavy atom. The first kappa shape index (κ1) is 17.9. The van der Waals surface area contributed by atoms with Gasteiger partial charge in [-0.2, -0.15) is 4.99 Å². The van der Waals surface area contributed by atoms with E-state index in [9.17, 15) is 4.79 Å². The van der Waals surface area contributed by atoms with Crippen LogP contribution in [0.5, 0.6) is 0 Å². The minimum Gasteiger partial charge on any atom is -0.355 e. The van der Waals surface area contributed by atoms with Crippen LogP contribution >= 0.6 is 0 Å². The highest BCUT2D eigenvalue weighted by molar-refractivity contribution is 6.03. The molecule has 0 aromatic heterocycles. The largest absolute Gasteiger partial charge is 0.355 e. The summed E-state index contributed by atoms with van der Waals surface area (Å²) >= 11 is 0. The number of carbonyl (C=O) groups excluding carboxylic acids is 1. The van der Waals surface area contributed by atoms with Crippen LogP contribution in [0.4, 0.5) is 0 Å². The molecule has 2 aromatic carbocycles. The normalized spacial score (nSPS) is 11.8. The summed E-state index contributed by atoms with van der Waals surface area (Å²) in [7, 11) is 0. The van der Waals surface area contributed by atoms with Crippen LogP contribution in [0, 0.1) is 0 Å². The highest BCUT2D eigenvalue weighted by Gasteiger charge is 2.20. The average molecular weight is 322 g/mol. The third-order valence-corrected chi connectivity index (χ3v) is 3.87. The van der Waals surface area contributed by atoms with Crippen molar-refractivity contribution in [3.8, 4) is 0 Å². The quantitative estimate of drug-likeness (QED) is 0.596. The molecule has 0 spiro atoms. The fourth-order valence-electron chi connectivity index (χ4n) is 2.92. The molecule has 0 radical (unpaired) electrons. The van der Waals surface area contributed by atoms with Crippen LogP contribution in [0.3, 0.4) is 0 Å². The van der Waals surface area contributed by atoms with E-state index in [1.165, 1.54) is 0 Å². The van der Waals surface area contributed by atoms with Crippen molar-refractivity contribution in [2.75, 3.05) is 0 Å². The number of aliphatic imine (C=N–C) groups is 1. The highest BCUT2D eigenvalue weighted by Crippen LogP contribution is 2.13. The molecule has 1 amide bonds. The number of hydrogen-bond donors (Lipinski definition) is 0. The lowest BCUT2D eigenvalue weighted by Crippen LogP contribution is -2.43. The van der Waals surface area contributed by atoms with E-state index in [4.69, 9.17) is 0 Å². The van der Waals surface area contributed by atoms with Gasteiger partial charge >= 0.3 is 0 Å². The molecule has 0 aliphatic heterocycles. The zero-order valence-electron chi connectivity index (χ0n) is 14.9. The maximum Gasteiger partial charge on any atom is 0.278 e. The summed E-state index contributed by atoms with van der Waals surface area (Å²) in [6.45, 7) is 8.53. The van der Waals surface area contributed by atoms with Crippen molar-refractivity contribution in [2.45, 2.75) is 46.2 Å². The van der Waals surface area contributed by atoms with Crippen molar-refractivity contribution >= 4 is 11.7 Å². The zero-order valence-corrected chi connectivity index (χ0v) is 14.9. The molecule has 0 aliphatic rings. The number of benzene rings is 2. The number of rotatable bonds is 5. The van der Waals surface area contributed by atoms with Crippen molar-refractivity contribution in [3.05, 3.63) is 71.8 Å². The molecule has 0 aliphatic carbocycles. The molecule has 0 unspecified atom stereocenters. The van der Waals surface area contributed by atoms with Gasteiger partial charge in [-0.3, -0.25) is 4.79 Å². The average Bonchev–Trinajstić information content (AvgIpc) is 2.56. The van der Waals surface area contributed by atoms with Gasteiger partial charge in [-0.15, -0.1) is 0 Å². The van der Waals surface area contributed by atoms with Gasteiger partial charge in [0.25, 0.3) is 5.91 Å². The Morgan fingerprint density at radius 2 is 1.38 bits per heavy atom. The van der Waals surface area contributed by atoms with E-state index in [1.807, 2.05) is 36.4 Å². The van der Waals surface area contributed by atoms with Gasteiger partial charge in [0.2, 0.25) is 0 Å². The first-order chi connectivity index (χ1) is 11.5. The summed E-state index contributed by atoms with van der Waals surface area (Å²) in [4.78, 5) is 19.3. The second-order valence-corrected chi connectivity index (χ2v) is 6.46. The summed E-state index contributed by atoms with van der Waals surface area (Å²) in [6, 6.07) is 20.0. The van der Waals surface area contributed by atoms with E-state index in [0.29, 0.717) is 12.0 Å². The molecule has 0 saturated carbocycles. The van der Waals surface area contributed by atoms with Gasteiger partial charge in [0, 0.05) is 24.1 Å². The number of nitrogens with zero attached hydrogens (tertiary/aromatic N) is 2. The van der Waals surface area contributed by atoms with E-state index < -0.39 is 0 Å². The summed E-state index contributed by atoms with van der Waals surface area (Å²) in [5, 5.41) is 0. The molecule has 0 bridgehead atoms. The number of amidine groups is 1. The molecule has 3 nitrogen and oxygen atoms in total. The number of amides is 1. The molecule has 24 heavy (non-hydrogen) atoms. The molecule has 2 aromatic rings. The van der Waals surface area contributed by atoms with Gasteiger partial charge in [-0.1, -0.05) is 48.5 Å². The first-order valence-corrected chi connectivity index (χ1v) is 8.48. The summed E-state index contributed by atoms with van der Waals surface area (Å²) in [5.41, 5.74) is 1.78. The summed E-state index contributed by atoms with van der Waals surface area (Å²) in [5.74, 6) is 0.632. The molecule has 3 heteroatoms. The Labute approximate surface area is 145 Å². The topological polar surface area (TPSA) is 32.7 Å². The van der Waals surface area contributed by atoms with Crippen LogP contribution in [0.1, 0.15) is 43.6 Å². The lowest BCUT2D eigenvalue weighted by atomic mass is 10.1. The fourth-order valence-corrected chi connectivity index (χ4v) is 2.92. The number of carbonyl (C=O) groups is 1. The first-order valence-electron chi connectivity index (χ1n) is 8.48. The van der Waals surface area contributed by atoms with Gasteiger partial charge in [-0.25, -0.2) is 0 Å². The Bertz CT molecular complexity index is 667. The van der Waals surface area contributed by atoms with E-state index in [1.54, 1.807) is 12.1 Å². The second kappa shape index (κ2) is 8.44. The molecule has 0 heterocycles.